The molecule has 1 aromatic carbocycles. The van der Waals surface area contributed by atoms with E-state index in [9.17, 15) is 14.9 Å². The normalized spacial score (nSPS) is 13.5. The first-order chi connectivity index (χ1) is 15.5. The largest absolute Gasteiger partial charge is 0.352 e. The minimum atomic E-state index is -0.312. The maximum absolute atomic E-state index is 13.1. The number of nitrogens with zero attached hydrogens (tertiary/aromatic N) is 4. The Morgan fingerprint density at radius 3 is 2.62 bits per heavy atom. The number of halogens is 1. The van der Waals surface area contributed by atoms with Crippen LogP contribution >= 0.6 is 22.9 Å². The van der Waals surface area contributed by atoms with Gasteiger partial charge in [-0.15, -0.1) is 11.3 Å². The molecule has 0 atom stereocenters. The zero-order valence-corrected chi connectivity index (χ0v) is 18.9. The first kappa shape index (κ1) is 21.8. The van der Waals surface area contributed by atoms with E-state index >= 15 is 0 Å². The Hall–Kier alpha value is -3.41. The molecule has 162 valence electrons. The van der Waals surface area contributed by atoms with Gasteiger partial charge >= 0.3 is 0 Å². The molecule has 0 radical (unpaired) electrons. The molecule has 0 spiro atoms. The predicted octanol–water partition coefficient (Wildman–Crippen LogP) is 4.19. The molecule has 7 nitrogen and oxygen atoms in total. The number of rotatable bonds is 4. The molecule has 2 aromatic heterocycles. The Morgan fingerprint density at radius 1 is 1.16 bits per heavy atom. The molecule has 1 aliphatic rings. The number of amides is 2. The fourth-order valence-corrected chi connectivity index (χ4v) is 4.84. The molecule has 1 fully saturated rings. The highest BCUT2D eigenvalue weighted by Gasteiger charge is 2.26. The quantitative estimate of drug-likeness (QED) is 0.624. The van der Waals surface area contributed by atoms with Gasteiger partial charge in [0.25, 0.3) is 11.8 Å². The molecule has 3 heterocycles. The molecule has 1 saturated heterocycles. The second-order valence-corrected chi connectivity index (χ2v) is 8.78. The minimum Gasteiger partial charge on any atom is -0.352 e. The Balaban J connectivity index is 1.42. The van der Waals surface area contributed by atoms with Gasteiger partial charge in [0.15, 0.2) is 0 Å². The lowest BCUT2D eigenvalue weighted by Gasteiger charge is -2.35. The average Bonchev–Trinajstić information content (AvgIpc) is 3.18. The van der Waals surface area contributed by atoms with Gasteiger partial charge in [-0.3, -0.25) is 9.59 Å². The van der Waals surface area contributed by atoms with Gasteiger partial charge in [-0.1, -0.05) is 23.7 Å². The zero-order valence-electron chi connectivity index (χ0n) is 17.3. The molecule has 1 aliphatic heterocycles. The maximum atomic E-state index is 13.1. The third-order valence-corrected chi connectivity index (χ3v) is 6.71. The number of aryl methyl sites for hydroxylation is 1. The summed E-state index contributed by atoms with van der Waals surface area (Å²) in [5, 5.41) is 13.1. The van der Waals surface area contributed by atoms with Crippen LogP contribution in [0.3, 0.4) is 0 Å². The van der Waals surface area contributed by atoms with E-state index in [0.717, 1.165) is 5.56 Å². The van der Waals surface area contributed by atoms with E-state index in [1.54, 1.807) is 53.6 Å². The highest BCUT2D eigenvalue weighted by Crippen LogP contribution is 2.29. The Bertz CT molecular complexity index is 1210. The van der Waals surface area contributed by atoms with Gasteiger partial charge in [0.05, 0.1) is 26.0 Å². The minimum absolute atomic E-state index is 0.0630. The van der Waals surface area contributed by atoms with E-state index in [2.05, 4.69) is 16.4 Å². The lowest BCUT2D eigenvalue weighted by molar-refractivity contribution is 0.0750. The van der Waals surface area contributed by atoms with Gasteiger partial charge in [-0.25, -0.2) is 4.98 Å². The van der Waals surface area contributed by atoms with E-state index in [-0.39, 0.29) is 11.8 Å². The highest BCUT2D eigenvalue weighted by atomic mass is 35.5. The molecule has 32 heavy (non-hydrogen) atoms. The smallest absolute Gasteiger partial charge is 0.264 e. The van der Waals surface area contributed by atoms with Crippen molar-refractivity contribution in [1.29, 1.82) is 5.26 Å². The van der Waals surface area contributed by atoms with Crippen molar-refractivity contribution in [3.63, 3.8) is 0 Å². The first-order valence-corrected chi connectivity index (χ1v) is 11.2. The van der Waals surface area contributed by atoms with Crippen molar-refractivity contribution in [2.24, 2.45) is 0 Å². The number of anilines is 2. The third kappa shape index (κ3) is 4.44. The van der Waals surface area contributed by atoms with Crippen LogP contribution in [0.25, 0.3) is 0 Å². The van der Waals surface area contributed by atoms with Gasteiger partial charge in [0.2, 0.25) is 0 Å². The van der Waals surface area contributed by atoms with Gasteiger partial charge in [0.1, 0.15) is 11.9 Å². The van der Waals surface area contributed by atoms with E-state index in [4.69, 9.17) is 11.6 Å². The van der Waals surface area contributed by atoms with Gasteiger partial charge in [-0.2, -0.15) is 5.26 Å². The second-order valence-electron chi connectivity index (χ2n) is 7.32. The number of aromatic nitrogens is 1. The molecule has 9 heteroatoms. The topological polar surface area (TPSA) is 89.3 Å². The summed E-state index contributed by atoms with van der Waals surface area (Å²) in [6.45, 7) is 4.10. The van der Waals surface area contributed by atoms with Crippen molar-refractivity contribution in [2.75, 3.05) is 36.4 Å². The van der Waals surface area contributed by atoms with Crippen LogP contribution in [0.5, 0.6) is 0 Å². The predicted molar refractivity (Wildman–Crippen MR) is 126 cm³/mol. The molecule has 0 bridgehead atoms. The summed E-state index contributed by atoms with van der Waals surface area (Å²) < 4.78 is 0. The zero-order chi connectivity index (χ0) is 22.7. The number of pyridine rings is 1. The SMILES string of the molecule is Cc1cc(NC(=O)c2ccccc2Cl)sc1C(=O)N1CCN(c2ncccc2C#N)CC1. The van der Waals surface area contributed by atoms with Crippen molar-refractivity contribution < 1.29 is 9.59 Å². The van der Waals surface area contributed by atoms with Crippen molar-refractivity contribution in [1.82, 2.24) is 9.88 Å². The van der Waals surface area contributed by atoms with Crippen molar-refractivity contribution in [3.05, 3.63) is 75.3 Å². The van der Waals surface area contributed by atoms with E-state index < -0.39 is 0 Å². The van der Waals surface area contributed by atoms with Crippen LogP contribution in [0.15, 0.2) is 48.7 Å². The van der Waals surface area contributed by atoms with Crippen LogP contribution in [0.2, 0.25) is 5.02 Å². The van der Waals surface area contributed by atoms with Gasteiger partial charge in [0, 0.05) is 32.4 Å². The number of benzene rings is 1. The van der Waals surface area contributed by atoms with Crippen LogP contribution in [-0.4, -0.2) is 47.9 Å². The van der Waals surface area contributed by atoms with E-state index in [0.29, 0.717) is 58.0 Å². The fourth-order valence-electron chi connectivity index (χ4n) is 3.58. The Morgan fingerprint density at radius 2 is 1.91 bits per heavy atom. The molecule has 4 rings (SSSR count). The molecular formula is C23H20ClN5O2S. The molecular weight excluding hydrogens is 446 g/mol. The van der Waals surface area contributed by atoms with Gasteiger partial charge < -0.3 is 15.1 Å². The van der Waals surface area contributed by atoms with Gasteiger partial charge in [-0.05, 0) is 42.8 Å². The Labute approximate surface area is 194 Å². The second kappa shape index (κ2) is 9.39. The van der Waals surface area contributed by atoms with Crippen molar-refractivity contribution in [2.45, 2.75) is 6.92 Å². The van der Waals surface area contributed by atoms with Crippen LogP contribution in [-0.2, 0) is 0 Å². The summed E-state index contributed by atoms with van der Waals surface area (Å²) in [4.78, 5) is 34.4. The molecule has 0 saturated carbocycles. The molecule has 1 N–H and O–H groups in total. The van der Waals surface area contributed by atoms with E-state index in [1.807, 2.05) is 11.8 Å². The number of carbonyl (C=O) groups excluding carboxylic acids is 2. The number of carbonyl (C=O) groups is 2. The van der Waals surface area contributed by atoms with E-state index in [1.165, 1.54) is 11.3 Å². The number of nitriles is 1. The van der Waals surface area contributed by atoms with Crippen LogP contribution < -0.4 is 10.2 Å². The third-order valence-electron chi connectivity index (χ3n) is 5.24. The molecule has 3 aromatic rings. The van der Waals surface area contributed by atoms with Crippen molar-refractivity contribution in [3.8, 4) is 6.07 Å². The maximum Gasteiger partial charge on any atom is 0.264 e. The lowest BCUT2D eigenvalue weighted by atomic mass is 10.2. The van der Waals surface area contributed by atoms with Crippen molar-refractivity contribution >= 4 is 45.6 Å². The van der Waals surface area contributed by atoms with Crippen LogP contribution in [0.1, 0.15) is 31.2 Å². The number of thiophene rings is 1. The summed E-state index contributed by atoms with van der Waals surface area (Å²) >= 11 is 7.36. The van der Waals surface area contributed by atoms with Crippen LogP contribution in [0, 0.1) is 18.3 Å². The number of hydrogen-bond acceptors (Lipinski definition) is 6. The molecule has 2 amide bonds. The highest BCUT2D eigenvalue weighted by molar-refractivity contribution is 7.18. The summed E-state index contributed by atoms with van der Waals surface area (Å²) in [5.41, 5.74) is 1.73. The summed E-state index contributed by atoms with van der Waals surface area (Å²) in [7, 11) is 0. The summed E-state index contributed by atoms with van der Waals surface area (Å²) in [6, 6.07) is 14.3. The Kier molecular flexibility index (Phi) is 6.40. The standard InChI is InChI=1S/C23H20ClN5O2S/c1-15-13-19(27-22(30)17-6-2-3-7-18(17)24)32-20(15)23(31)29-11-9-28(10-12-29)21-16(14-25)5-4-8-26-21/h2-8,13H,9-12H2,1H3,(H,27,30). The first-order valence-electron chi connectivity index (χ1n) is 10.0. The lowest BCUT2D eigenvalue weighted by Crippen LogP contribution is -2.49. The monoisotopic (exact) mass is 465 g/mol. The average molecular weight is 466 g/mol. The molecule has 0 aliphatic carbocycles. The number of hydrogen-bond donors (Lipinski definition) is 1. The fraction of sp³-hybridized carbons (Fsp3) is 0.217. The van der Waals surface area contributed by atoms with Crippen LogP contribution in [0.4, 0.5) is 10.8 Å². The molecule has 0 unspecified atom stereocenters. The number of nitrogens with one attached hydrogen (secondary N) is 1. The number of piperazine rings is 1. The summed E-state index contributed by atoms with van der Waals surface area (Å²) in [5.74, 6) is 0.277. The summed E-state index contributed by atoms with van der Waals surface area (Å²) in [6.07, 6.45) is 1.67.